The van der Waals surface area contributed by atoms with E-state index in [9.17, 15) is 4.79 Å². The quantitative estimate of drug-likeness (QED) is 0.703. The van der Waals surface area contributed by atoms with E-state index in [1.807, 2.05) is 36.4 Å². The zero-order valence-corrected chi connectivity index (χ0v) is 15.5. The van der Waals surface area contributed by atoms with Crippen molar-refractivity contribution in [1.82, 2.24) is 5.32 Å². The molecule has 0 aliphatic carbocycles. The smallest absolute Gasteiger partial charge is 0.257 e. The fraction of sp³-hybridized carbons (Fsp3) is 0.188. The average molecular weight is 448 g/mol. The van der Waals surface area contributed by atoms with Gasteiger partial charge in [0.05, 0.1) is 4.47 Å². The summed E-state index contributed by atoms with van der Waals surface area (Å²) in [4.78, 5) is 11.8. The van der Waals surface area contributed by atoms with Crippen molar-refractivity contribution in [3.05, 3.63) is 62.0 Å². The maximum Gasteiger partial charge on any atom is 0.257 e. The summed E-state index contributed by atoms with van der Waals surface area (Å²) in [6.07, 6.45) is 0.755. The molecule has 0 fully saturated rings. The van der Waals surface area contributed by atoms with Crippen LogP contribution in [0.3, 0.4) is 0 Å². The van der Waals surface area contributed by atoms with Crippen molar-refractivity contribution in [2.75, 3.05) is 13.2 Å². The number of ether oxygens (including phenoxy) is 1. The van der Waals surface area contributed by atoms with Gasteiger partial charge in [0.15, 0.2) is 6.61 Å². The van der Waals surface area contributed by atoms with Crippen LogP contribution >= 0.6 is 43.5 Å². The van der Waals surface area contributed by atoms with Gasteiger partial charge in [-0.2, -0.15) is 0 Å². The Morgan fingerprint density at radius 2 is 1.86 bits per heavy atom. The van der Waals surface area contributed by atoms with Gasteiger partial charge in [-0.05, 0) is 58.2 Å². The number of nitrogens with one attached hydrogen (secondary N) is 1. The molecule has 0 saturated heterocycles. The molecule has 0 saturated carbocycles. The van der Waals surface area contributed by atoms with Crippen LogP contribution in [0.5, 0.6) is 5.75 Å². The van der Waals surface area contributed by atoms with E-state index in [2.05, 4.69) is 37.2 Å². The Bertz CT molecular complexity index is 647. The summed E-state index contributed by atoms with van der Waals surface area (Å²) < 4.78 is 7.22. The zero-order chi connectivity index (χ0) is 15.9. The van der Waals surface area contributed by atoms with Crippen LogP contribution in [-0.2, 0) is 11.2 Å². The van der Waals surface area contributed by atoms with Crippen LogP contribution in [0, 0.1) is 0 Å². The van der Waals surface area contributed by atoms with E-state index in [0.29, 0.717) is 17.3 Å². The third-order valence-corrected chi connectivity index (χ3v) is 4.27. The van der Waals surface area contributed by atoms with Crippen molar-refractivity contribution in [2.45, 2.75) is 6.42 Å². The molecule has 0 unspecified atom stereocenters. The molecule has 1 N–H and O–H groups in total. The number of halogens is 3. The molecule has 0 aliphatic heterocycles. The highest BCUT2D eigenvalue weighted by atomic mass is 79.9. The Hall–Kier alpha value is -1.04. The third-order valence-electron chi connectivity index (χ3n) is 2.90. The Morgan fingerprint density at radius 1 is 1.14 bits per heavy atom. The van der Waals surface area contributed by atoms with Gasteiger partial charge in [0.2, 0.25) is 0 Å². The number of hydrogen-bond acceptors (Lipinski definition) is 2. The largest absolute Gasteiger partial charge is 0.483 e. The van der Waals surface area contributed by atoms with Gasteiger partial charge >= 0.3 is 0 Å². The lowest BCUT2D eigenvalue weighted by Crippen LogP contribution is -2.30. The number of hydrogen-bond donors (Lipinski definition) is 1. The third kappa shape index (κ3) is 5.63. The molecule has 3 nitrogen and oxygen atoms in total. The summed E-state index contributed by atoms with van der Waals surface area (Å²) in [5.74, 6) is 0.486. The van der Waals surface area contributed by atoms with Crippen LogP contribution in [0.2, 0.25) is 5.02 Å². The van der Waals surface area contributed by atoms with Crippen molar-refractivity contribution in [1.29, 1.82) is 0 Å². The first kappa shape index (κ1) is 17.3. The fourth-order valence-electron chi connectivity index (χ4n) is 1.78. The van der Waals surface area contributed by atoms with Crippen molar-refractivity contribution in [3.8, 4) is 5.75 Å². The summed E-state index contributed by atoms with van der Waals surface area (Å²) in [5, 5.41) is 3.53. The fourth-order valence-corrected chi connectivity index (χ4v) is 3.07. The predicted octanol–water partition coefficient (Wildman–Crippen LogP) is 4.60. The van der Waals surface area contributed by atoms with Crippen LogP contribution in [0.4, 0.5) is 0 Å². The molecule has 0 radical (unpaired) electrons. The Labute approximate surface area is 151 Å². The van der Waals surface area contributed by atoms with Gasteiger partial charge in [-0.15, -0.1) is 0 Å². The molecule has 2 rings (SSSR count). The Balaban J connectivity index is 1.72. The maximum absolute atomic E-state index is 11.8. The second-order valence-corrected chi connectivity index (χ2v) is 6.80. The van der Waals surface area contributed by atoms with E-state index >= 15 is 0 Å². The van der Waals surface area contributed by atoms with E-state index in [1.54, 1.807) is 6.07 Å². The minimum absolute atomic E-state index is 0.0130. The Kier molecular flexibility index (Phi) is 6.73. The molecular formula is C16H14Br2ClNO2. The summed E-state index contributed by atoms with van der Waals surface area (Å²) in [6, 6.07) is 13.1. The standard InChI is InChI=1S/C16H14Br2ClNO2/c17-12-3-6-15(14(18)9-12)22-10-16(21)20-8-7-11-1-4-13(19)5-2-11/h1-6,9H,7-8,10H2,(H,20,21). The summed E-state index contributed by atoms with van der Waals surface area (Å²) in [7, 11) is 0. The van der Waals surface area contributed by atoms with E-state index in [0.717, 1.165) is 20.9 Å². The van der Waals surface area contributed by atoms with Gasteiger partial charge in [-0.3, -0.25) is 4.79 Å². The minimum atomic E-state index is -0.149. The Morgan fingerprint density at radius 3 is 2.55 bits per heavy atom. The molecular weight excluding hydrogens is 433 g/mol. The maximum atomic E-state index is 11.8. The molecule has 0 aromatic heterocycles. The summed E-state index contributed by atoms with van der Waals surface area (Å²) in [6.45, 7) is 0.548. The van der Waals surface area contributed by atoms with E-state index in [-0.39, 0.29) is 12.5 Å². The highest BCUT2D eigenvalue weighted by Gasteiger charge is 2.06. The first-order chi connectivity index (χ1) is 10.5. The van der Waals surface area contributed by atoms with E-state index in [4.69, 9.17) is 16.3 Å². The SMILES string of the molecule is O=C(COc1ccc(Br)cc1Br)NCCc1ccc(Cl)cc1. The molecule has 0 spiro atoms. The molecule has 22 heavy (non-hydrogen) atoms. The number of carbonyl (C=O) groups excluding carboxylic acids is 1. The second-order valence-electron chi connectivity index (χ2n) is 4.59. The van der Waals surface area contributed by atoms with Crippen LogP contribution in [0.25, 0.3) is 0 Å². The lowest BCUT2D eigenvalue weighted by molar-refractivity contribution is -0.123. The van der Waals surface area contributed by atoms with Crippen molar-refractivity contribution in [2.24, 2.45) is 0 Å². The monoisotopic (exact) mass is 445 g/mol. The zero-order valence-electron chi connectivity index (χ0n) is 11.6. The van der Waals surface area contributed by atoms with Gasteiger partial charge < -0.3 is 10.1 Å². The molecule has 0 heterocycles. The number of carbonyl (C=O) groups is 1. The first-order valence-electron chi connectivity index (χ1n) is 6.63. The lowest BCUT2D eigenvalue weighted by Gasteiger charge is -2.09. The molecule has 0 aliphatic rings. The normalized spacial score (nSPS) is 10.3. The van der Waals surface area contributed by atoms with E-state index < -0.39 is 0 Å². The van der Waals surface area contributed by atoms with Crippen LogP contribution in [-0.4, -0.2) is 19.1 Å². The number of benzene rings is 2. The number of amides is 1. The topological polar surface area (TPSA) is 38.3 Å². The average Bonchev–Trinajstić information content (AvgIpc) is 2.48. The summed E-state index contributed by atoms with van der Waals surface area (Å²) in [5.41, 5.74) is 1.13. The molecule has 1 amide bonds. The van der Waals surface area contributed by atoms with Crippen molar-refractivity contribution < 1.29 is 9.53 Å². The van der Waals surface area contributed by atoms with E-state index in [1.165, 1.54) is 0 Å². The van der Waals surface area contributed by atoms with Gasteiger partial charge in [-0.25, -0.2) is 0 Å². The lowest BCUT2D eigenvalue weighted by atomic mass is 10.1. The van der Waals surface area contributed by atoms with Crippen LogP contribution in [0.15, 0.2) is 51.4 Å². The van der Waals surface area contributed by atoms with Crippen LogP contribution < -0.4 is 10.1 Å². The van der Waals surface area contributed by atoms with Gasteiger partial charge in [0.1, 0.15) is 5.75 Å². The summed E-state index contributed by atoms with van der Waals surface area (Å²) >= 11 is 12.6. The molecule has 2 aromatic rings. The van der Waals surface area contributed by atoms with Gasteiger partial charge in [-0.1, -0.05) is 39.7 Å². The molecule has 116 valence electrons. The van der Waals surface area contributed by atoms with Gasteiger partial charge in [0, 0.05) is 16.0 Å². The van der Waals surface area contributed by atoms with Gasteiger partial charge in [0.25, 0.3) is 5.91 Å². The van der Waals surface area contributed by atoms with Crippen molar-refractivity contribution in [3.63, 3.8) is 0 Å². The number of rotatable bonds is 6. The minimum Gasteiger partial charge on any atom is -0.483 e. The van der Waals surface area contributed by atoms with Crippen LogP contribution in [0.1, 0.15) is 5.56 Å². The highest BCUT2D eigenvalue weighted by Crippen LogP contribution is 2.28. The highest BCUT2D eigenvalue weighted by molar-refractivity contribution is 9.11. The predicted molar refractivity (Wildman–Crippen MR) is 95.5 cm³/mol. The second kappa shape index (κ2) is 8.56. The first-order valence-corrected chi connectivity index (χ1v) is 8.60. The molecule has 0 bridgehead atoms. The molecule has 6 heteroatoms. The van der Waals surface area contributed by atoms with Crippen molar-refractivity contribution >= 4 is 49.4 Å². The molecule has 0 atom stereocenters. The molecule has 2 aromatic carbocycles.